The van der Waals surface area contributed by atoms with Gasteiger partial charge in [-0.2, -0.15) is 4.98 Å². The van der Waals surface area contributed by atoms with Crippen LogP contribution in [0.15, 0.2) is 24.4 Å². The first kappa shape index (κ1) is 16.1. The van der Waals surface area contributed by atoms with E-state index in [9.17, 15) is 5.11 Å². The fourth-order valence-electron chi connectivity index (χ4n) is 2.43. The second-order valence-corrected chi connectivity index (χ2v) is 6.15. The summed E-state index contributed by atoms with van der Waals surface area (Å²) < 4.78 is 5.86. The zero-order valence-corrected chi connectivity index (χ0v) is 13.8. The van der Waals surface area contributed by atoms with E-state index in [2.05, 4.69) is 9.97 Å². The molecule has 0 unspecified atom stereocenters. The van der Waals surface area contributed by atoms with Crippen LogP contribution < -0.4 is 15.4 Å². The molecule has 0 amide bonds. The first-order valence-corrected chi connectivity index (χ1v) is 7.97. The molecule has 1 aliphatic rings. The molecule has 23 heavy (non-hydrogen) atoms. The van der Waals surface area contributed by atoms with Gasteiger partial charge in [-0.1, -0.05) is 23.2 Å². The van der Waals surface area contributed by atoms with Crippen molar-refractivity contribution < 1.29 is 9.84 Å². The number of aliphatic hydroxyl groups is 1. The Morgan fingerprint density at radius 1 is 1.22 bits per heavy atom. The van der Waals surface area contributed by atoms with Gasteiger partial charge in [-0.3, -0.25) is 0 Å². The number of halogens is 2. The number of nitrogens with two attached hydrogens (primary N) is 1. The summed E-state index contributed by atoms with van der Waals surface area (Å²) in [6, 6.07) is 4.98. The molecule has 0 aliphatic carbocycles. The molecule has 2 aromatic rings. The van der Waals surface area contributed by atoms with Crippen LogP contribution in [-0.4, -0.2) is 34.3 Å². The summed E-state index contributed by atoms with van der Waals surface area (Å²) in [5, 5.41) is 10.6. The molecule has 0 atom stereocenters. The minimum Gasteiger partial charge on any atom is -0.450 e. The van der Waals surface area contributed by atoms with E-state index < -0.39 is 0 Å². The molecule has 122 valence electrons. The Morgan fingerprint density at radius 2 is 1.96 bits per heavy atom. The highest BCUT2D eigenvalue weighted by atomic mass is 35.5. The number of aliphatic hydroxyl groups excluding tert-OH is 1. The molecule has 0 saturated carbocycles. The predicted molar refractivity (Wildman–Crippen MR) is 90.4 cm³/mol. The van der Waals surface area contributed by atoms with Crippen LogP contribution in [0, 0.1) is 0 Å². The maximum atomic E-state index is 9.65. The Bertz CT molecular complexity index is 706. The van der Waals surface area contributed by atoms with Crippen molar-refractivity contribution in [2.75, 3.05) is 23.7 Å². The average molecular weight is 355 g/mol. The lowest BCUT2D eigenvalue weighted by atomic mass is 10.1. The van der Waals surface area contributed by atoms with E-state index in [1.807, 2.05) is 4.90 Å². The second kappa shape index (κ2) is 6.78. The van der Waals surface area contributed by atoms with Crippen molar-refractivity contribution in [3.63, 3.8) is 0 Å². The normalized spacial score (nSPS) is 15.7. The molecule has 1 fully saturated rings. The Labute approximate surface area is 143 Å². The predicted octanol–water partition coefficient (Wildman–Crippen LogP) is 3.12. The fourth-order valence-corrected chi connectivity index (χ4v) is 2.87. The summed E-state index contributed by atoms with van der Waals surface area (Å²) in [7, 11) is 0. The number of anilines is 2. The van der Waals surface area contributed by atoms with E-state index in [0.29, 0.717) is 53.3 Å². The third-order valence-electron chi connectivity index (χ3n) is 3.63. The summed E-state index contributed by atoms with van der Waals surface area (Å²) in [6.07, 6.45) is 2.59. The molecule has 3 rings (SSSR count). The topological polar surface area (TPSA) is 84.5 Å². The van der Waals surface area contributed by atoms with Gasteiger partial charge in [-0.15, -0.1) is 0 Å². The summed E-state index contributed by atoms with van der Waals surface area (Å²) in [5.41, 5.74) is 5.71. The molecular formula is C15H16Cl2N4O2. The van der Waals surface area contributed by atoms with Crippen LogP contribution in [0.3, 0.4) is 0 Å². The summed E-state index contributed by atoms with van der Waals surface area (Å²) >= 11 is 12.0. The third-order valence-corrected chi connectivity index (χ3v) is 4.16. The number of nitrogens with zero attached hydrogens (tertiary/aromatic N) is 3. The maximum Gasteiger partial charge on any atom is 0.222 e. The Balaban J connectivity index is 1.89. The van der Waals surface area contributed by atoms with Gasteiger partial charge in [0.05, 0.1) is 17.3 Å². The first-order valence-electron chi connectivity index (χ1n) is 7.21. The minimum atomic E-state index is -0.277. The quantitative estimate of drug-likeness (QED) is 0.880. The number of hydrogen-bond donors (Lipinski definition) is 2. The number of aromatic nitrogens is 2. The highest BCUT2D eigenvalue weighted by Gasteiger charge is 2.22. The van der Waals surface area contributed by atoms with Crippen molar-refractivity contribution in [1.82, 2.24) is 9.97 Å². The monoisotopic (exact) mass is 354 g/mol. The molecule has 0 radical (unpaired) electrons. The van der Waals surface area contributed by atoms with Crippen molar-refractivity contribution in [2.24, 2.45) is 0 Å². The number of nitrogen functional groups attached to an aromatic ring is 1. The lowest BCUT2D eigenvalue weighted by Gasteiger charge is -2.31. The lowest BCUT2D eigenvalue weighted by molar-refractivity contribution is 0.145. The van der Waals surface area contributed by atoms with Crippen molar-refractivity contribution >= 4 is 35.0 Å². The van der Waals surface area contributed by atoms with Crippen LogP contribution in [0.2, 0.25) is 10.0 Å². The molecule has 1 aromatic carbocycles. The van der Waals surface area contributed by atoms with Gasteiger partial charge in [0.25, 0.3) is 0 Å². The molecule has 3 N–H and O–H groups in total. The molecule has 1 aliphatic heterocycles. The van der Waals surface area contributed by atoms with Crippen molar-refractivity contribution in [1.29, 1.82) is 0 Å². The van der Waals surface area contributed by atoms with Gasteiger partial charge in [0, 0.05) is 18.1 Å². The summed E-state index contributed by atoms with van der Waals surface area (Å²) in [4.78, 5) is 10.3. The van der Waals surface area contributed by atoms with Crippen LogP contribution in [0.25, 0.3) is 0 Å². The van der Waals surface area contributed by atoms with E-state index in [4.69, 9.17) is 33.7 Å². The van der Waals surface area contributed by atoms with E-state index in [0.717, 1.165) is 0 Å². The van der Waals surface area contributed by atoms with Crippen LogP contribution in [0.5, 0.6) is 11.5 Å². The lowest BCUT2D eigenvalue weighted by Crippen LogP contribution is -2.36. The van der Waals surface area contributed by atoms with Gasteiger partial charge < -0.3 is 20.5 Å². The molecule has 1 aromatic heterocycles. The van der Waals surface area contributed by atoms with Crippen molar-refractivity contribution in [3.05, 3.63) is 34.4 Å². The SMILES string of the molecule is Nc1ncc(Oc2ccc(Cl)cc2Cl)c(N2CCC(O)CC2)n1. The molecular weight excluding hydrogens is 339 g/mol. The largest absolute Gasteiger partial charge is 0.450 e. The number of benzene rings is 1. The van der Waals surface area contributed by atoms with E-state index in [1.165, 1.54) is 6.20 Å². The molecule has 0 spiro atoms. The molecule has 8 heteroatoms. The van der Waals surface area contributed by atoms with Gasteiger partial charge in [0.2, 0.25) is 5.95 Å². The summed E-state index contributed by atoms with van der Waals surface area (Å²) in [6.45, 7) is 1.34. The average Bonchev–Trinajstić information content (AvgIpc) is 2.52. The highest BCUT2D eigenvalue weighted by molar-refractivity contribution is 6.35. The number of rotatable bonds is 3. The summed E-state index contributed by atoms with van der Waals surface area (Å²) in [5.74, 6) is 1.68. The van der Waals surface area contributed by atoms with Crippen LogP contribution in [0.1, 0.15) is 12.8 Å². The minimum absolute atomic E-state index is 0.167. The van der Waals surface area contributed by atoms with E-state index in [1.54, 1.807) is 18.2 Å². The number of ether oxygens (including phenoxy) is 1. The molecule has 1 saturated heterocycles. The molecule has 6 nitrogen and oxygen atoms in total. The number of hydrogen-bond acceptors (Lipinski definition) is 6. The van der Waals surface area contributed by atoms with Crippen molar-refractivity contribution in [3.8, 4) is 11.5 Å². The first-order chi connectivity index (χ1) is 11.0. The maximum absolute atomic E-state index is 9.65. The number of piperidine rings is 1. The Kier molecular flexibility index (Phi) is 4.75. The zero-order chi connectivity index (χ0) is 16.4. The van der Waals surface area contributed by atoms with Gasteiger partial charge in [0.1, 0.15) is 5.75 Å². The highest BCUT2D eigenvalue weighted by Crippen LogP contribution is 2.36. The van der Waals surface area contributed by atoms with Gasteiger partial charge in [-0.05, 0) is 31.0 Å². The third kappa shape index (κ3) is 3.77. The Hall–Kier alpha value is -1.76. The smallest absolute Gasteiger partial charge is 0.222 e. The van der Waals surface area contributed by atoms with E-state index in [-0.39, 0.29) is 12.1 Å². The molecule has 0 bridgehead atoms. The van der Waals surface area contributed by atoms with Crippen molar-refractivity contribution in [2.45, 2.75) is 18.9 Å². The van der Waals surface area contributed by atoms with Gasteiger partial charge in [0.15, 0.2) is 11.6 Å². The fraction of sp³-hybridized carbons (Fsp3) is 0.333. The zero-order valence-electron chi connectivity index (χ0n) is 12.2. The van der Waals surface area contributed by atoms with Crippen LogP contribution in [-0.2, 0) is 0 Å². The van der Waals surface area contributed by atoms with E-state index >= 15 is 0 Å². The Morgan fingerprint density at radius 3 is 2.65 bits per heavy atom. The van der Waals surface area contributed by atoms with Crippen LogP contribution in [0.4, 0.5) is 11.8 Å². The van der Waals surface area contributed by atoms with Crippen LogP contribution >= 0.6 is 23.2 Å². The standard InChI is InChI=1S/C15H16Cl2N4O2/c16-9-1-2-12(11(17)7-9)23-13-8-19-15(18)20-14(13)21-5-3-10(22)4-6-21/h1-2,7-8,10,22H,3-6H2,(H2,18,19,20). The van der Waals surface area contributed by atoms with Gasteiger partial charge in [-0.25, -0.2) is 4.98 Å². The second-order valence-electron chi connectivity index (χ2n) is 5.31. The van der Waals surface area contributed by atoms with Gasteiger partial charge >= 0.3 is 0 Å². The molecule has 2 heterocycles.